The van der Waals surface area contributed by atoms with Gasteiger partial charge in [0.15, 0.2) is 0 Å². The summed E-state index contributed by atoms with van der Waals surface area (Å²) < 4.78 is 2.35. The van der Waals surface area contributed by atoms with Crippen LogP contribution >= 0.6 is 11.3 Å². The molecule has 1 amide bonds. The van der Waals surface area contributed by atoms with Crippen LogP contribution in [0.15, 0.2) is 23.3 Å². The van der Waals surface area contributed by atoms with Gasteiger partial charge in [0.25, 0.3) is 5.91 Å². The number of nitrogens with zero attached hydrogens (tertiary/aromatic N) is 5. The third-order valence-electron chi connectivity index (χ3n) is 7.63. The van der Waals surface area contributed by atoms with Gasteiger partial charge in [-0.3, -0.25) is 4.79 Å². The SMILES string of the molecule is CCCC(C)Nc1ncc2c(C3CCN(C(=O)c4cscn4)CC3)cn(C3CCC(O)CC3)c2n1. The molecule has 1 aliphatic heterocycles. The van der Waals surface area contributed by atoms with Crippen molar-refractivity contribution in [1.29, 1.82) is 0 Å². The molecule has 0 spiro atoms. The molecule has 0 radical (unpaired) electrons. The molecule has 3 aromatic heterocycles. The molecule has 1 saturated carbocycles. The Morgan fingerprint density at radius 1 is 1.20 bits per heavy atom. The molecule has 9 heteroatoms. The molecule has 2 fully saturated rings. The smallest absolute Gasteiger partial charge is 0.273 e. The number of aliphatic hydroxyl groups excluding tert-OH is 1. The van der Waals surface area contributed by atoms with Gasteiger partial charge in [-0.1, -0.05) is 13.3 Å². The summed E-state index contributed by atoms with van der Waals surface area (Å²) in [6.45, 7) is 5.83. The van der Waals surface area contributed by atoms with Crippen LogP contribution in [0.25, 0.3) is 11.0 Å². The van der Waals surface area contributed by atoms with Gasteiger partial charge in [-0.2, -0.15) is 4.98 Å². The van der Waals surface area contributed by atoms with Crippen LogP contribution in [0.3, 0.4) is 0 Å². The third-order valence-corrected chi connectivity index (χ3v) is 8.22. The van der Waals surface area contributed by atoms with E-state index in [0.717, 1.165) is 75.5 Å². The second-order valence-corrected chi connectivity index (χ2v) is 10.9. The van der Waals surface area contributed by atoms with Gasteiger partial charge in [0.05, 0.1) is 11.6 Å². The van der Waals surface area contributed by atoms with Crippen molar-refractivity contribution in [1.82, 2.24) is 24.4 Å². The van der Waals surface area contributed by atoms with Crippen molar-refractivity contribution in [3.63, 3.8) is 0 Å². The monoisotopic (exact) mass is 496 g/mol. The minimum Gasteiger partial charge on any atom is -0.393 e. The second-order valence-electron chi connectivity index (χ2n) is 10.2. The average Bonchev–Trinajstić information content (AvgIpc) is 3.53. The van der Waals surface area contributed by atoms with E-state index in [1.54, 1.807) is 5.51 Å². The Morgan fingerprint density at radius 3 is 2.66 bits per heavy atom. The van der Waals surface area contributed by atoms with Gasteiger partial charge in [0.2, 0.25) is 5.95 Å². The highest BCUT2D eigenvalue weighted by molar-refractivity contribution is 7.07. The van der Waals surface area contributed by atoms with E-state index < -0.39 is 0 Å². The molecule has 5 rings (SSSR count). The Labute approximate surface area is 210 Å². The fourth-order valence-electron chi connectivity index (χ4n) is 5.66. The summed E-state index contributed by atoms with van der Waals surface area (Å²) in [5.74, 6) is 1.09. The van der Waals surface area contributed by atoms with E-state index in [1.165, 1.54) is 16.9 Å². The summed E-state index contributed by atoms with van der Waals surface area (Å²) in [4.78, 5) is 28.5. The molecule has 1 saturated heterocycles. The van der Waals surface area contributed by atoms with Crippen molar-refractivity contribution in [3.8, 4) is 0 Å². The van der Waals surface area contributed by atoms with E-state index in [9.17, 15) is 9.90 Å². The van der Waals surface area contributed by atoms with Crippen molar-refractivity contribution in [3.05, 3.63) is 34.5 Å². The Kier molecular flexibility index (Phi) is 7.34. The van der Waals surface area contributed by atoms with Gasteiger partial charge in [-0.25, -0.2) is 9.97 Å². The van der Waals surface area contributed by atoms with Crippen LogP contribution in [-0.4, -0.2) is 60.7 Å². The lowest BCUT2D eigenvalue weighted by Gasteiger charge is -2.31. The first-order chi connectivity index (χ1) is 17.0. The lowest BCUT2D eigenvalue weighted by Crippen LogP contribution is -2.38. The van der Waals surface area contributed by atoms with Gasteiger partial charge in [-0.15, -0.1) is 11.3 Å². The maximum Gasteiger partial charge on any atom is 0.273 e. The van der Waals surface area contributed by atoms with Crippen LogP contribution in [0.2, 0.25) is 0 Å². The van der Waals surface area contributed by atoms with Gasteiger partial charge in [0, 0.05) is 48.3 Å². The number of likely N-dealkylation sites (tertiary alicyclic amines) is 1. The number of carbonyl (C=O) groups excluding carboxylic acids is 1. The largest absolute Gasteiger partial charge is 0.393 e. The van der Waals surface area contributed by atoms with E-state index in [2.05, 4.69) is 39.9 Å². The number of nitrogens with one attached hydrogen (secondary N) is 1. The second kappa shape index (κ2) is 10.6. The first-order valence-electron chi connectivity index (χ1n) is 13.0. The number of anilines is 1. The van der Waals surface area contributed by atoms with Crippen LogP contribution in [0.4, 0.5) is 5.95 Å². The van der Waals surface area contributed by atoms with E-state index in [-0.39, 0.29) is 12.0 Å². The minimum atomic E-state index is -0.186. The molecule has 0 bridgehead atoms. The zero-order chi connectivity index (χ0) is 24.4. The number of rotatable bonds is 7. The fourth-order valence-corrected chi connectivity index (χ4v) is 6.19. The summed E-state index contributed by atoms with van der Waals surface area (Å²) in [6, 6.07) is 0.668. The predicted octanol–water partition coefficient (Wildman–Crippen LogP) is 4.98. The maximum absolute atomic E-state index is 12.7. The van der Waals surface area contributed by atoms with Crippen molar-refractivity contribution < 1.29 is 9.90 Å². The zero-order valence-electron chi connectivity index (χ0n) is 20.7. The van der Waals surface area contributed by atoms with Gasteiger partial charge < -0.3 is 19.9 Å². The summed E-state index contributed by atoms with van der Waals surface area (Å²) in [6.07, 6.45) is 11.7. The standard InChI is InChI=1S/C26H36N6O2S/c1-3-4-17(2)29-26-27-13-21-22(14-32(24(21)30-26)19-5-7-20(33)8-6-19)18-9-11-31(12-10-18)25(34)23-15-35-16-28-23/h13-20,33H,3-12H2,1-2H3,(H,27,29,30). The van der Waals surface area contributed by atoms with Gasteiger partial charge in [0.1, 0.15) is 11.3 Å². The fraction of sp³-hybridized carbons (Fsp3) is 0.615. The highest BCUT2D eigenvalue weighted by Gasteiger charge is 2.30. The van der Waals surface area contributed by atoms with E-state index in [1.807, 2.05) is 16.5 Å². The highest BCUT2D eigenvalue weighted by Crippen LogP contribution is 2.38. The van der Waals surface area contributed by atoms with Crippen LogP contribution in [0.5, 0.6) is 0 Å². The molecule has 2 aliphatic rings. The molecule has 1 unspecified atom stereocenters. The number of aromatic nitrogens is 4. The first-order valence-corrected chi connectivity index (χ1v) is 14.0. The Morgan fingerprint density at radius 2 is 1.97 bits per heavy atom. The Bertz CT molecular complexity index is 1130. The number of piperidine rings is 1. The summed E-state index contributed by atoms with van der Waals surface area (Å²) in [5.41, 5.74) is 4.55. The molecule has 2 N–H and O–H groups in total. The predicted molar refractivity (Wildman–Crippen MR) is 139 cm³/mol. The number of hydrogen-bond donors (Lipinski definition) is 2. The molecule has 35 heavy (non-hydrogen) atoms. The summed E-state index contributed by atoms with van der Waals surface area (Å²) >= 11 is 1.46. The number of fused-ring (bicyclic) bond motifs is 1. The lowest BCUT2D eigenvalue weighted by atomic mass is 9.89. The third kappa shape index (κ3) is 5.21. The van der Waals surface area contributed by atoms with Crippen molar-refractivity contribution in [2.75, 3.05) is 18.4 Å². The van der Waals surface area contributed by atoms with E-state index in [0.29, 0.717) is 29.6 Å². The van der Waals surface area contributed by atoms with Crippen molar-refractivity contribution >= 4 is 34.2 Å². The van der Waals surface area contributed by atoms with Crippen molar-refractivity contribution in [2.24, 2.45) is 0 Å². The number of carbonyl (C=O) groups is 1. The molecule has 8 nitrogen and oxygen atoms in total. The number of thiazole rings is 1. The van der Waals surface area contributed by atoms with Crippen LogP contribution in [0, 0.1) is 0 Å². The van der Waals surface area contributed by atoms with E-state index >= 15 is 0 Å². The molecule has 1 aliphatic carbocycles. The van der Waals surface area contributed by atoms with Crippen LogP contribution < -0.4 is 5.32 Å². The lowest BCUT2D eigenvalue weighted by molar-refractivity contribution is 0.0708. The zero-order valence-corrected chi connectivity index (χ0v) is 21.5. The molecule has 4 heterocycles. The number of hydrogen-bond acceptors (Lipinski definition) is 7. The van der Waals surface area contributed by atoms with Gasteiger partial charge >= 0.3 is 0 Å². The molecular formula is C26H36N6O2S. The molecule has 188 valence electrons. The average molecular weight is 497 g/mol. The Balaban J connectivity index is 1.40. The van der Waals surface area contributed by atoms with Crippen LogP contribution in [0.1, 0.15) is 93.2 Å². The Hall–Kier alpha value is -2.52. The van der Waals surface area contributed by atoms with Crippen LogP contribution in [-0.2, 0) is 0 Å². The highest BCUT2D eigenvalue weighted by atomic mass is 32.1. The summed E-state index contributed by atoms with van der Waals surface area (Å²) in [5, 5.41) is 16.5. The number of aliphatic hydroxyl groups is 1. The minimum absolute atomic E-state index is 0.0353. The van der Waals surface area contributed by atoms with Crippen molar-refractivity contribution in [2.45, 2.75) is 89.3 Å². The number of amides is 1. The topological polar surface area (TPSA) is 96.2 Å². The van der Waals surface area contributed by atoms with E-state index in [4.69, 9.17) is 4.98 Å². The quantitative estimate of drug-likeness (QED) is 0.479. The summed E-state index contributed by atoms with van der Waals surface area (Å²) in [7, 11) is 0. The molecule has 1 atom stereocenters. The normalized spacial score (nSPS) is 22.4. The molecule has 0 aromatic carbocycles. The maximum atomic E-state index is 12.7. The molecular weight excluding hydrogens is 460 g/mol. The first kappa shape index (κ1) is 24.2. The molecule has 3 aromatic rings. The van der Waals surface area contributed by atoms with Gasteiger partial charge in [-0.05, 0) is 63.4 Å².